The van der Waals surface area contributed by atoms with Crippen LogP contribution >= 0.6 is 24.0 Å². The van der Waals surface area contributed by atoms with Gasteiger partial charge in [0.1, 0.15) is 0 Å². The zero-order valence-corrected chi connectivity index (χ0v) is 17.1. The van der Waals surface area contributed by atoms with E-state index in [0.717, 1.165) is 23.3 Å². The van der Waals surface area contributed by atoms with Gasteiger partial charge in [-0.3, -0.25) is 4.99 Å². The van der Waals surface area contributed by atoms with Crippen LogP contribution in [0.25, 0.3) is 0 Å². The molecular formula is C17H31IN4O. The Morgan fingerprint density at radius 2 is 2.04 bits per heavy atom. The topological polar surface area (TPSA) is 62.5 Å². The minimum atomic E-state index is 0. The molecule has 6 heteroatoms. The number of halogens is 1. The molecule has 1 aromatic heterocycles. The Labute approximate surface area is 157 Å². The van der Waals surface area contributed by atoms with Crippen LogP contribution < -0.4 is 10.6 Å². The maximum absolute atomic E-state index is 5.34. The first-order valence-corrected chi connectivity index (χ1v) is 8.55. The Bertz CT molecular complexity index is 479. The van der Waals surface area contributed by atoms with E-state index in [9.17, 15) is 0 Å². The second-order valence-electron chi connectivity index (χ2n) is 6.57. The molecule has 0 bridgehead atoms. The van der Waals surface area contributed by atoms with E-state index < -0.39 is 0 Å². The summed E-state index contributed by atoms with van der Waals surface area (Å²) in [6.07, 6.45) is 6.43. The standard InChI is InChI=1S/C17H30N4O.HI/c1-5-13-6-8-14(9-7-13)20-17(18-4)19-11-15-10-16(12(2)3)21-22-15;/h10,12-14H,5-9,11H2,1-4H3,(H2,18,19,20);1H. The van der Waals surface area contributed by atoms with Crippen molar-refractivity contribution in [2.45, 2.75) is 71.4 Å². The van der Waals surface area contributed by atoms with Crippen molar-refractivity contribution < 1.29 is 4.52 Å². The lowest BCUT2D eigenvalue weighted by Crippen LogP contribution is -2.44. The predicted octanol–water partition coefficient (Wildman–Crippen LogP) is 4.05. The minimum absolute atomic E-state index is 0. The smallest absolute Gasteiger partial charge is 0.191 e. The number of hydrogen-bond acceptors (Lipinski definition) is 3. The molecule has 0 amide bonds. The highest BCUT2D eigenvalue weighted by Gasteiger charge is 2.20. The number of nitrogens with zero attached hydrogens (tertiary/aromatic N) is 2. The number of guanidine groups is 1. The highest BCUT2D eigenvalue weighted by molar-refractivity contribution is 14.0. The van der Waals surface area contributed by atoms with Gasteiger partial charge in [0.05, 0.1) is 12.2 Å². The molecule has 0 aliphatic heterocycles. The number of hydrogen-bond donors (Lipinski definition) is 2. The van der Waals surface area contributed by atoms with Gasteiger partial charge in [-0.2, -0.15) is 0 Å². The van der Waals surface area contributed by atoms with Gasteiger partial charge in [-0.25, -0.2) is 0 Å². The summed E-state index contributed by atoms with van der Waals surface area (Å²) in [5.41, 5.74) is 0.998. The van der Waals surface area contributed by atoms with Crippen molar-refractivity contribution in [3.63, 3.8) is 0 Å². The lowest BCUT2D eigenvalue weighted by atomic mass is 9.84. The second kappa shape index (κ2) is 10.2. The molecular weight excluding hydrogens is 403 g/mol. The fraction of sp³-hybridized carbons (Fsp3) is 0.765. The van der Waals surface area contributed by atoms with Crippen LogP contribution in [0.2, 0.25) is 0 Å². The van der Waals surface area contributed by atoms with Gasteiger partial charge in [-0.15, -0.1) is 24.0 Å². The third kappa shape index (κ3) is 6.31. The van der Waals surface area contributed by atoms with Crippen molar-refractivity contribution in [1.82, 2.24) is 15.8 Å². The van der Waals surface area contributed by atoms with Gasteiger partial charge in [0.15, 0.2) is 11.7 Å². The zero-order chi connectivity index (χ0) is 15.9. The van der Waals surface area contributed by atoms with Crippen molar-refractivity contribution in [3.8, 4) is 0 Å². The van der Waals surface area contributed by atoms with E-state index in [1.54, 1.807) is 0 Å². The van der Waals surface area contributed by atoms with E-state index in [2.05, 4.69) is 41.6 Å². The van der Waals surface area contributed by atoms with Gasteiger partial charge >= 0.3 is 0 Å². The molecule has 132 valence electrons. The van der Waals surface area contributed by atoms with Gasteiger partial charge in [0.25, 0.3) is 0 Å². The first-order chi connectivity index (χ1) is 10.6. The van der Waals surface area contributed by atoms with Crippen molar-refractivity contribution in [2.75, 3.05) is 7.05 Å². The molecule has 2 N–H and O–H groups in total. The van der Waals surface area contributed by atoms with Crippen molar-refractivity contribution in [2.24, 2.45) is 10.9 Å². The number of rotatable bonds is 5. The monoisotopic (exact) mass is 434 g/mol. The van der Waals surface area contributed by atoms with E-state index in [4.69, 9.17) is 4.52 Å². The average Bonchev–Trinajstić information content (AvgIpc) is 3.01. The highest BCUT2D eigenvalue weighted by Crippen LogP contribution is 2.26. The SMILES string of the molecule is CCC1CCC(NC(=NC)NCc2cc(C(C)C)no2)CC1.I. The van der Waals surface area contributed by atoms with E-state index in [1.807, 2.05) is 13.1 Å². The molecule has 5 nitrogen and oxygen atoms in total. The van der Waals surface area contributed by atoms with Crippen molar-refractivity contribution in [3.05, 3.63) is 17.5 Å². The second-order valence-corrected chi connectivity index (χ2v) is 6.57. The van der Waals surface area contributed by atoms with Crippen LogP contribution in [0.15, 0.2) is 15.6 Å². The Morgan fingerprint density at radius 3 is 2.57 bits per heavy atom. The molecule has 2 rings (SSSR count). The van der Waals surface area contributed by atoms with Crippen LogP contribution in [0.5, 0.6) is 0 Å². The normalized spacial score (nSPS) is 21.9. The third-order valence-electron chi connectivity index (χ3n) is 4.59. The van der Waals surface area contributed by atoms with Gasteiger partial charge in [-0.1, -0.05) is 32.3 Å². The summed E-state index contributed by atoms with van der Waals surface area (Å²) in [6.45, 7) is 7.13. The molecule has 0 atom stereocenters. The van der Waals surface area contributed by atoms with E-state index in [0.29, 0.717) is 18.5 Å². The first kappa shape index (κ1) is 20.3. The van der Waals surface area contributed by atoms with Crippen LogP contribution in [-0.2, 0) is 6.54 Å². The van der Waals surface area contributed by atoms with E-state index >= 15 is 0 Å². The average molecular weight is 434 g/mol. The van der Waals surface area contributed by atoms with Crippen LogP contribution in [0.4, 0.5) is 0 Å². The predicted molar refractivity (Wildman–Crippen MR) is 105 cm³/mol. The van der Waals surface area contributed by atoms with Crippen LogP contribution in [0.1, 0.15) is 70.2 Å². The van der Waals surface area contributed by atoms with Gasteiger partial charge < -0.3 is 15.2 Å². The molecule has 1 fully saturated rings. The molecule has 0 spiro atoms. The molecule has 1 heterocycles. The van der Waals surface area contributed by atoms with Crippen LogP contribution in [0, 0.1) is 5.92 Å². The molecule has 1 aromatic rings. The Kier molecular flexibility index (Phi) is 8.94. The zero-order valence-electron chi connectivity index (χ0n) is 14.8. The molecule has 0 radical (unpaired) electrons. The molecule has 0 saturated heterocycles. The summed E-state index contributed by atoms with van der Waals surface area (Å²) < 4.78 is 5.34. The summed E-state index contributed by atoms with van der Waals surface area (Å²) in [4.78, 5) is 4.31. The van der Waals surface area contributed by atoms with Crippen LogP contribution in [-0.4, -0.2) is 24.2 Å². The van der Waals surface area contributed by atoms with E-state index in [1.165, 1.54) is 32.1 Å². The van der Waals surface area contributed by atoms with Crippen molar-refractivity contribution >= 4 is 29.9 Å². The largest absolute Gasteiger partial charge is 0.359 e. The first-order valence-electron chi connectivity index (χ1n) is 8.55. The molecule has 0 aromatic carbocycles. The van der Waals surface area contributed by atoms with Crippen LogP contribution in [0.3, 0.4) is 0 Å². The molecule has 1 aliphatic rings. The molecule has 1 aliphatic carbocycles. The molecule has 23 heavy (non-hydrogen) atoms. The molecule has 0 unspecified atom stereocenters. The summed E-state index contributed by atoms with van der Waals surface area (Å²) >= 11 is 0. The summed E-state index contributed by atoms with van der Waals surface area (Å²) in [5.74, 6) is 3.00. The highest BCUT2D eigenvalue weighted by atomic mass is 127. The fourth-order valence-corrected chi connectivity index (χ4v) is 2.96. The summed E-state index contributed by atoms with van der Waals surface area (Å²) in [5, 5.41) is 10.9. The number of aromatic nitrogens is 1. The lowest BCUT2D eigenvalue weighted by molar-refractivity contribution is 0.303. The molecule has 1 saturated carbocycles. The van der Waals surface area contributed by atoms with E-state index in [-0.39, 0.29) is 24.0 Å². The number of nitrogens with one attached hydrogen (secondary N) is 2. The maximum Gasteiger partial charge on any atom is 0.191 e. The summed E-state index contributed by atoms with van der Waals surface area (Å²) in [6, 6.07) is 2.55. The minimum Gasteiger partial charge on any atom is -0.359 e. The Balaban J connectivity index is 0.00000264. The maximum atomic E-state index is 5.34. The van der Waals surface area contributed by atoms with Gasteiger partial charge in [-0.05, 0) is 37.5 Å². The fourth-order valence-electron chi connectivity index (χ4n) is 2.96. The van der Waals surface area contributed by atoms with Gasteiger partial charge in [0, 0.05) is 19.2 Å². The third-order valence-corrected chi connectivity index (χ3v) is 4.59. The quantitative estimate of drug-likeness (QED) is 0.417. The lowest BCUT2D eigenvalue weighted by Gasteiger charge is -2.29. The number of aliphatic imine (C=N–C) groups is 1. The Morgan fingerprint density at radius 1 is 1.35 bits per heavy atom. The van der Waals surface area contributed by atoms with Crippen molar-refractivity contribution in [1.29, 1.82) is 0 Å². The van der Waals surface area contributed by atoms with Gasteiger partial charge in [0.2, 0.25) is 0 Å². The summed E-state index contributed by atoms with van der Waals surface area (Å²) in [7, 11) is 1.81. The Hall–Kier alpha value is -0.790.